The molecular formula is C12H5Cl3N2. The minimum atomic E-state index is 0.349. The van der Waals surface area contributed by atoms with Crippen molar-refractivity contribution in [3.05, 3.63) is 51.2 Å². The van der Waals surface area contributed by atoms with Crippen LogP contribution >= 0.6 is 34.8 Å². The summed E-state index contributed by atoms with van der Waals surface area (Å²) >= 11 is 18.0. The van der Waals surface area contributed by atoms with Crippen LogP contribution in [0.3, 0.4) is 0 Å². The predicted molar refractivity (Wildman–Crippen MR) is 69.4 cm³/mol. The van der Waals surface area contributed by atoms with E-state index in [-0.39, 0.29) is 0 Å². The Morgan fingerprint density at radius 3 is 2.59 bits per heavy atom. The average Bonchev–Trinajstić information content (AvgIpc) is 2.33. The highest BCUT2D eigenvalue weighted by Crippen LogP contribution is 2.37. The number of halogens is 3. The van der Waals surface area contributed by atoms with Crippen molar-refractivity contribution in [2.75, 3.05) is 0 Å². The third-order valence-corrected chi connectivity index (χ3v) is 3.24. The van der Waals surface area contributed by atoms with Crippen molar-refractivity contribution in [2.45, 2.75) is 0 Å². The Bertz CT molecular complexity index is 618. The van der Waals surface area contributed by atoms with E-state index in [1.165, 1.54) is 0 Å². The molecule has 0 fully saturated rings. The van der Waals surface area contributed by atoms with Gasteiger partial charge in [0.25, 0.3) is 0 Å². The largest absolute Gasteiger partial charge is 0.264 e. The van der Waals surface area contributed by atoms with E-state index in [9.17, 15) is 0 Å². The highest BCUT2D eigenvalue weighted by molar-refractivity contribution is 6.45. The zero-order valence-corrected chi connectivity index (χ0v) is 10.7. The number of rotatable bonds is 1. The molecule has 1 aromatic heterocycles. The fourth-order valence-electron chi connectivity index (χ4n) is 1.46. The van der Waals surface area contributed by atoms with E-state index in [1.807, 2.05) is 0 Å². The molecule has 0 saturated carbocycles. The van der Waals surface area contributed by atoms with Gasteiger partial charge in [-0.1, -0.05) is 34.8 Å². The van der Waals surface area contributed by atoms with Gasteiger partial charge in [-0.15, -0.1) is 0 Å². The standard InChI is InChI=1S/C12H5Cl3N2/c13-8-3-9(12(15)11(14)4-8)10-6-17-2-1-7(10)5-16/h1-4,6H. The Kier molecular flexibility index (Phi) is 3.54. The molecule has 0 spiro atoms. The third-order valence-electron chi connectivity index (χ3n) is 2.22. The van der Waals surface area contributed by atoms with Crippen molar-refractivity contribution in [3.63, 3.8) is 0 Å². The first-order valence-electron chi connectivity index (χ1n) is 4.62. The summed E-state index contributed by atoms with van der Waals surface area (Å²) in [5, 5.41) is 10.2. The molecule has 2 aromatic rings. The quantitative estimate of drug-likeness (QED) is 0.718. The van der Waals surface area contributed by atoms with Gasteiger partial charge in [-0.3, -0.25) is 4.98 Å². The molecule has 0 N–H and O–H groups in total. The van der Waals surface area contributed by atoms with Gasteiger partial charge in [-0.05, 0) is 18.2 Å². The topological polar surface area (TPSA) is 36.7 Å². The molecule has 0 aliphatic heterocycles. The van der Waals surface area contributed by atoms with E-state index in [1.54, 1.807) is 30.6 Å². The van der Waals surface area contributed by atoms with Crippen LogP contribution in [0, 0.1) is 11.3 Å². The number of hydrogen-bond donors (Lipinski definition) is 0. The van der Waals surface area contributed by atoms with E-state index in [0.29, 0.717) is 31.8 Å². The average molecular weight is 284 g/mol. The second-order valence-corrected chi connectivity index (χ2v) is 4.50. The van der Waals surface area contributed by atoms with Crippen molar-refractivity contribution in [3.8, 4) is 17.2 Å². The first-order chi connectivity index (χ1) is 8.13. The number of pyridine rings is 1. The Balaban J connectivity index is 2.73. The maximum absolute atomic E-state index is 9.02. The normalized spacial score (nSPS) is 10.0. The van der Waals surface area contributed by atoms with Gasteiger partial charge in [0.2, 0.25) is 0 Å². The molecule has 0 atom stereocenters. The van der Waals surface area contributed by atoms with Gasteiger partial charge in [0.15, 0.2) is 0 Å². The zero-order chi connectivity index (χ0) is 12.4. The number of hydrogen-bond acceptors (Lipinski definition) is 2. The first kappa shape index (κ1) is 12.2. The van der Waals surface area contributed by atoms with E-state index in [2.05, 4.69) is 11.1 Å². The minimum absolute atomic E-state index is 0.349. The molecule has 17 heavy (non-hydrogen) atoms. The van der Waals surface area contributed by atoms with Gasteiger partial charge in [-0.25, -0.2) is 0 Å². The van der Waals surface area contributed by atoms with Gasteiger partial charge >= 0.3 is 0 Å². The van der Waals surface area contributed by atoms with Crippen LogP contribution < -0.4 is 0 Å². The molecule has 1 aromatic carbocycles. The molecule has 1 heterocycles. The molecule has 0 radical (unpaired) electrons. The van der Waals surface area contributed by atoms with Crippen LogP contribution in [0.15, 0.2) is 30.6 Å². The molecule has 0 unspecified atom stereocenters. The molecule has 0 aliphatic carbocycles. The van der Waals surface area contributed by atoms with E-state index in [4.69, 9.17) is 40.1 Å². The van der Waals surface area contributed by atoms with Crippen molar-refractivity contribution in [1.29, 1.82) is 5.26 Å². The second-order valence-electron chi connectivity index (χ2n) is 3.28. The van der Waals surface area contributed by atoms with Crippen molar-refractivity contribution in [2.24, 2.45) is 0 Å². The first-order valence-corrected chi connectivity index (χ1v) is 5.76. The zero-order valence-electron chi connectivity index (χ0n) is 8.42. The summed E-state index contributed by atoms with van der Waals surface area (Å²) in [5.41, 5.74) is 1.69. The lowest BCUT2D eigenvalue weighted by Gasteiger charge is -2.08. The molecule has 0 amide bonds. The summed E-state index contributed by atoms with van der Waals surface area (Å²) in [6, 6.07) is 6.90. The third kappa shape index (κ3) is 2.37. The highest BCUT2D eigenvalue weighted by atomic mass is 35.5. The summed E-state index contributed by atoms with van der Waals surface area (Å²) in [5.74, 6) is 0. The number of benzene rings is 1. The molecule has 2 nitrogen and oxygen atoms in total. The van der Waals surface area contributed by atoms with Crippen LogP contribution in [0.5, 0.6) is 0 Å². The van der Waals surface area contributed by atoms with Gasteiger partial charge < -0.3 is 0 Å². The van der Waals surface area contributed by atoms with Crippen LogP contribution in [0.4, 0.5) is 0 Å². The van der Waals surface area contributed by atoms with Gasteiger partial charge in [0.1, 0.15) is 0 Å². The summed E-state index contributed by atoms with van der Waals surface area (Å²) in [6.07, 6.45) is 3.11. The van der Waals surface area contributed by atoms with Gasteiger partial charge in [-0.2, -0.15) is 5.26 Å². The Hall–Kier alpha value is -1.27. The second kappa shape index (κ2) is 4.93. The summed E-state index contributed by atoms with van der Waals surface area (Å²) in [6.45, 7) is 0. The minimum Gasteiger partial charge on any atom is -0.264 e. The lowest BCUT2D eigenvalue weighted by Crippen LogP contribution is -1.88. The maximum Gasteiger partial charge on any atom is 0.0999 e. The van der Waals surface area contributed by atoms with E-state index in [0.717, 1.165) is 0 Å². The van der Waals surface area contributed by atoms with Crippen LogP contribution in [-0.2, 0) is 0 Å². The lowest BCUT2D eigenvalue weighted by molar-refractivity contribution is 1.31. The Morgan fingerprint density at radius 2 is 1.88 bits per heavy atom. The van der Waals surface area contributed by atoms with Crippen LogP contribution in [-0.4, -0.2) is 4.98 Å². The van der Waals surface area contributed by atoms with Crippen molar-refractivity contribution < 1.29 is 0 Å². The summed E-state index contributed by atoms with van der Waals surface area (Å²) in [7, 11) is 0. The number of nitrogens with zero attached hydrogens (tertiary/aromatic N) is 2. The van der Waals surface area contributed by atoms with E-state index >= 15 is 0 Å². The molecule has 2 rings (SSSR count). The molecule has 0 aliphatic rings. The van der Waals surface area contributed by atoms with Gasteiger partial charge in [0, 0.05) is 28.5 Å². The molecular weight excluding hydrogens is 279 g/mol. The maximum atomic E-state index is 9.02. The van der Waals surface area contributed by atoms with Crippen LogP contribution in [0.2, 0.25) is 15.1 Å². The predicted octanol–water partition coefficient (Wildman–Crippen LogP) is 4.58. The molecule has 5 heteroatoms. The Labute approximate surface area is 113 Å². The van der Waals surface area contributed by atoms with Crippen LogP contribution in [0.25, 0.3) is 11.1 Å². The highest BCUT2D eigenvalue weighted by Gasteiger charge is 2.12. The fraction of sp³-hybridized carbons (Fsp3) is 0. The monoisotopic (exact) mass is 282 g/mol. The number of aromatic nitrogens is 1. The Morgan fingerprint density at radius 1 is 1.12 bits per heavy atom. The van der Waals surface area contributed by atoms with Crippen LogP contribution in [0.1, 0.15) is 5.56 Å². The lowest BCUT2D eigenvalue weighted by atomic mass is 10.0. The molecule has 84 valence electrons. The van der Waals surface area contributed by atoms with Crippen molar-refractivity contribution in [1.82, 2.24) is 4.98 Å². The SMILES string of the molecule is N#Cc1ccncc1-c1cc(Cl)cc(Cl)c1Cl. The fourth-order valence-corrected chi connectivity index (χ4v) is 2.16. The molecule has 0 saturated heterocycles. The van der Waals surface area contributed by atoms with Gasteiger partial charge in [0.05, 0.1) is 21.7 Å². The van der Waals surface area contributed by atoms with E-state index < -0.39 is 0 Å². The summed E-state index contributed by atoms with van der Waals surface area (Å²) in [4.78, 5) is 3.97. The van der Waals surface area contributed by atoms with Crippen molar-refractivity contribution >= 4 is 34.8 Å². The smallest absolute Gasteiger partial charge is 0.0999 e. The number of nitriles is 1. The molecule has 0 bridgehead atoms. The summed E-state index contributed by atoms with van der Waals surface area (Å²) < 4.78 is 0.